The minimum absolute atomic E-state index is 0.0739. The van der Waals surface area contributed by atoms with E-state index in [1.165, 1.54) is 22.3 Å². The molecule has 5 atom stereocenters. The number of benzene rings is 2. The van der Waals surface area contributed by atoms with Crippen LogP contribution in [0.1, 0.15) is 53.4 Å². The van der Waals surface area contributed by atoms with E-state index in [9.17, 15) is 4.79 Å². The molecule has 0 spiro atoms. The highest BCUT2D eigenvalue weighted by Gasteiger charge is 2.57. The van der Waals surface area contributed by atoms with Gasteiger partial charge in [-0.25, -0.2) is 0 Å². The zero-order valence-corrected chi connectivity index (χ0v) is 14.7. The molecule has 2 aromatic carbocycles. The molecule has 0 amide bonds. The van der Waals surface area contributed by atoms with Crippen molar-refractivity contribution in [3.05, 3.63) is 70.8 Å². The molecule has 1 saturated heterocycles. The Kier molecular flexibility index (Phi) is 3.29. The van der Waals surface area contributed by atoms with Crippen LogP contribution in [0.15, 0.2) is 48.5 Å². The van der Waals surface area contributed by atoms with Gasteiger partial charge in [0.1, 0.15) is 6.04 Å². The number of fused-ring (bicyclic) bond motifs is 3. The normalized spacial score (nSPS) is 32.0. The number of ether oxygens (including phenoxy) is 1. The molecule has 3 aliphatic rings. The van der Waals surface area contributed by atoms with E-state index >= 15 is 0 Å². The number of nitrogens with zero attached hydrogens (tertiary/aromatic N) is 1. The Bertz CT molecular complexity index is 845. The standard InChI is InChI=1S/C22H23NO2/c1-3-25-22(24)21-20-16-11-7-5-9-14(16)17-12-18(23(21)2)19(20)15-10-6-4-8-13(15)17/h4-11,17-21H,3,12H2,1-2H3. The molecule has 25 heavy (non-hydrogen) atoms. The summed E-state index contributed by atoms with van der Waals surface area (Å²) in [5.74, 6) is 0.911. The number of likely N-dealkylation sites (N-methyl/N-ethyl adjacent to an activating group) is 1. The molecule has 1 heterocycles. The van der Waals surface area contributed by atoms with Crippen molar-refractivity contribution >= 4 is 5.97 Å². The molecule has 3 nitrogen and oxygen atoms in total. The van der Waals surface area contributed by atoms with Crippen LogP contribution in [0.4, 0.5) is 0 Å². The molecule has 2 bridgehead atoms. The molecule has 5 rings (SSSR count). The van der Waals surface area contributed by atoms with E-state index in [0.717, 1.165) is 6.42 Å². The lowest BCUT2D eigenvalue weighted by Crippen LogP contribution is -2.42. The number of carbonyl (C=O) groups excluding carboxylic acids is 1. The Hall–Kier alpha value is -2.13. The smallest absolute Gasteiger partial charge is 0.324 e. The fourth-order valence-electron chi connectivity index (χ4n) is 5.69. The van der Waals surface area contributed by atoms with E-state index in [4.69, 9.17) is 4.74 Å². The van der Waals surface area contributed by atoms with Gasteiger partial charge in [0, 0.05) is 23.8 Å². The summed E-state index contributed by atoms with van der Waals surface area (Å²) >= 11 is 0. The van der Waals surface area contributed by atoms with Crippen LogP contribution in [0.5, 0.6) is 0 Å². The minimum Gasteiger partial charge on any atom is -0.465 e. The fourth-order valence-corrected chi connectivity index (χ4v) is 5.69. The lowest BCUT2D eigenvalue weighted by Gasteiger charge is -2.36. The number of esters is 1. The lowest BCUT2D eigenvalue weighted by molar-refractivity contribution is -0.148. The highest BCUT2D eigenvalue weighted by atomic mass is 16.5. The third kappa shape index (κ3) is 1.93. The SMILES string of the molecule is CCOC(=O)C1C2c3ccccc3C3CC(C2c2ccccc23)N1C. The third-order valence-electron chi connectivity index (χ3n) is 6.57. The molecular weight excluding hydrogens is 310 g/mol. The monoisotopic (exact) mass is 333 g/mol. The molecule has 2 aromatic rings. The summed E-state index contributed by atoms with van der Waals surface area (Å²) in [7, 11) is 2.11. The van der Waals surface area contributed by atoms with Gasteiger partial charge in [-0.3, -0.25) is 9.69 Å². The van der Waals surface area contributed by atoms with Crippen LogP contribution in [-0.4, -0.2) is 36.6 Å². The Morgan fingerprint density at radius 2 is 1.56 bits per heavy atom. The van der Waals surface area contributed by atoms with Crippen LogP contribution >= 0.6 is 0 Å². The maximum atomic E-state index is 12.8. The van der Waals surface area contributed by atoms with E-state index in [2.05, 4.69) is 60.5 Å². The fraction of sp³-hybridized carbons (Fsp3) is 0.409. The van der Waals surface area contributed by atoms with Crippen molar-refractivity contribution < 1.29 is 9.53 Å². The van der Waals surface area contributed by atoms with Gasteiger partial charge in [0.15, 0.2) is 0 Å². The van der Waals surface area contributed by atoms with Gasteiger partial charge in [-0.05, 0) is 42.6 Å². The molecular formula is C22H23NO2. The second kappa shape index (κ2) is 5.43. The molecule has 1 fully saturated rings. The highest BCUT2D eigenvalue weighted by Crippen LogP contribution is 2.60. The number of hydrogen-bond acceptors (Lipinski definition) is 3. The van der Waals surface area contributed by atoms with Gasteiger partial charge in [-0.15, -0.1) is 0 Å². The predicted octanol–water partition coefficient (Wildman–Crippen LogP) is 3.65. The quantitative estimate of drug-likeness (QED) is 0.786. The highest BCUT2D eigenvalue weighted by molar-refractivity contribution is 5.79. The summed E-state index contributed by atoms with van der Waals surface area (Å²) in [5.41, 5.74) is 5.64. The van der Waals surface area contributed by atoms with E-state index < -0.39 is 0 Å². The van der Waals surface area contributed by atoms with Crippen LogP contribution in [0, 0.1) is 0 Å². The van der Waals surface area contributed by atoms with Gasteiger partial charge >= 0.3 is 5.97 Å². The zero-order chi connectivity index (χ0) is 17.1. The van der Waals surface area contributed by atoms with Crippen molar-refractivity contribution in [1.82, 2.24) is 4.90 Å². The first-order chi connectivity index (χ1) is 12.2. The van der Waals surface area contributed by atoms with Gasteiger partial charge in [-0.1, -0.05) is 48.5 Å². The Balaban J connectivity index is 1.76. The van der Waals surface area contributed by atoms with Crippen molar-refractivity contribution in [2.24, 2.45) is 0 Å². The first kappa shape index (κ1) is 15.2. The van der Waals surface area contributed by atoms with E-state index in [-0.39, 0.29) is 17.9 Å². The summed E-state index contributed by atoms with van der Waals surface area (Å²) in [6.45, 7) is 2.33. The molecule has 0 saturated carbocycles. The summed E-state index contributed by atoms with van der Waals surface area (Å²) in [4.78, 5) is 15.1. The van der Waals surface area contributed by atoms with Crippen molar-refractivity contribution in [2.75, 3.05) is 13.7 Å². The maximum Gasteiger partial charge on any atom is 0.324 e. The molecule has 0 aromatic heterocycles. The summed E-state index contributed by atoms with van der Waals surface area (Å²) < 4.78 is 5.47. The largest absolute Gasteiger partial charge is 0.465 e. The van der Waals surface area contributed by atoms with Crippen LogP contribution in [0.3, 0.4) is 0 Å². The Morgan fingerprint density at radius 3 is 2.16 bits per heavy atom. The van der Waals surface area contributed by atoms with Crippen LogP contribution in [0.2, 0.25) is 0 Å². The van der Waals surface area contributed by atoms with Crippen molar-refractivity contribution in [1.29, 1.82) is 0 Å². The third-order valence-corrected chi connectivity index (χ3v) is 6.57. The van der Waals surface area contributed by atoms with Crippen LogP contribution in [-0.2, 0) is 9.53 Å². The number of hydrogen-bond donors (Lipinski definition) is 0. The van der Waals surface area contributed by atoms with E-state index in [1.54, 1.807) is 0 Å². The summed E-state index contributed by atoms with van der Waals surface area (Å²) in [6, 6.07) is 17.8. The van der Waals surface area contributed by atoms with Crippen molar-refractivity contribution in [3.63, 3.8) is 0 Å². The Labute approximate surface area is 148 Å². The van der Waals surface area contributed by atoms with Crippen LogP contribution in [0.25, 0.3) is 0 Å². The topological polar surface area (TPSA) is 29.5 Å². The molecule has 3 heteroatoms. The summed E-state index contributed by atoms with van der Waals surface area (Å²) in [6.07, 6.45) is 1.08. The van der Waals surface area contributed by atoms with Gasteiger partial charge in [0.05, 0.1) is 6.61 Å². The second-order valence-electron chi connectivity index (χ2n) is 7.53. The van der Waals surface area contributed by atoms with Crippen molar-refractivity contribution in [3.8, 4) is 0 Å². The zero-order valence-electron chi connectivity index (χ0n) is 14.7. The van der Waals surface area contributed by atoms with Gasteiger partial charge in [-0.2, -0.15) is 0 Å². The first-order valence-electron chi connectivity index (χ1n) is 9.28. The molecule has 5 unspecified atom stereocenters. The van der Waals surface area contributed by atoms with Crippen LogP contribution < -0.4 is 0 Å². The van der Waals surface area contributed by atoms with Gasteiger partial charge < -0.3 is 4.74 Å². The molecule has 128 valence electrons. The predicted molar refractivity (Wildman–Crippen MR) is 96.8 cm³/mol. The summed E-state index contributed by atoms with van der Waals surface area (Å²) in [5, 5.41) is 0. The average Bonchev–Trinajstić information content (AvgIpc) is 2.78. The molecule has 2 aliphatic carbocycles. The number of rotatable bonds is 2. The lowest BCUT2D eigenvalue weighted by atomic mass is 9.73. The first-order valence-corrected chi connectivity index (χ1v) is 9.28. The van der Waals surface area contributed by atoms with Gasteiger partial charge in [0.2, 0.25) is 0 Å². The van der Waals surface area contributed by atoms with E-state index in [0.29, 0.717) is 24.5 Å². The van der Waals surface area contributed by atoms with E-state index in [1.807, 2.05) is 6.92 Å². The van der Waals surface area contributed by atoms with Crippen molar-refractivity contribution in [2.45, 2.75) is 43.2 Å². The molecule has 1 aliphatic heterocycles. The number of likely N-dealkylation sites (tertiary alicyclic amines) is 1. The second-order valence-corrected chi connectivity index (χ2v) is 7.53. The maximum absolute atomic E-state index is 12.8. The Morgan fingerprint density at radius 1 is 1.00 bits per heavy atom. The van der Waals surface area contributed by atoms with Gasteiger partial charge in [0.25, 0.3) is 0 Å². The average molecular weight is 333 g/mol. The molecule has 0 radical (unpaired) electrons. The number of carbonyl (C=O) groups is 1. The molecule has 0 N–H and O–H groups in total. The minimum atomic E-state index is -0.191.